The van der Waals surface area contributed by atoms with Crippen LogP contribution in [0.15, 0.2) is 12.1 Å². The second kappa shape index (κ2) is 7.24. The smallest absolute Gasteiger partial charge is 0.254 e. The third-order valence-electron chi connectivity index (χ3n) is 3.68. The number of pyridine rings is 1. The number of hydrazine groups is 1. The Labute approximate surface area is 121 Å². The van der Waals surface area contributed by atoms with Gasteiger partial charge in [0.25, 0.3) is 5.91 Å². The van der Waals surface area contributed by atoms with E-state index in [0.717, 1.165) is 18.5 Å². The lowest BCUT2D eigenvalue weighted by Gasteiger charge is -2.28. The zero-order valence-electron chi connectivity index (χ0n) is 13.1. The molecule has 0 saturated carbocycles. The minimum absolute atomic E-state index is 0.00227. The SMILES string of the molecule is CCCc1cc(C(=O)N(C)C(C)C(C)C)cc(NN)n1. The molecule has 0 aromatic carbocycles. The van der Waals surface area contributed by atoms with E-state index in [1.807, 2.05) is 13.1 Å². The van der Waals surface area contributed by atoms with E-state index in [9.17, 15) is 4.79 Å². The summed E-state index contributed by atoms with van der Waals surface area (Å²) in [4.78, 5) is 18.7. The molecule has 1 heterocycles. The number of nitrogen functional groups attached to an aromatic ring is 1. The molecular weight excluding hydrogens is 252 g/mol. The number of carbonyl (C=O) groups is 1. The number of hydrogen-bond acceptors (Lipinski definition) is 4. The minimum Gasteiger partial charge on any atom is -0.339 e. The van der Waals surface area contributed by atoms with Gasteiger partial charge >= 0.3 is 0 Å². The fraction of sp³-hybridized carbons (Fsp3) is 0.600. The van der Waals surface area contributed by atoms with Crippen molar-refractivity contribution in [2.45, 2.75) is 46.6 Å². The number of carbonyl (C=O) groups excluding carboxylic acids is 1. The first-order chi connectivity index (χ1) is 9.40. The summed E-state index contributed by atoms with van der Waals surface area (Å²) in [6, 6.07) is 3.74. The molecule has 0 aliphatic rings. The molecule has 5 heteroatoms. The number of nitrogens with one attached hydrogen (secondary N) is 1. The maximum Gasteiger partial charge on any atom is 0.254 e. The predicted octanol–water partition coefficient (Wildman–Crippen LogP) is 2.44. The summed E-state index contributed by atoms with van der Waals surface area (Å²) in [5.41, 5.74) is 4.05. The van der Waals surface area contributed by atoms with Crippen molar-refractivity contribution in [2.24, 2.45) is 11.8 Å². The third-order valence-corrected chi connectivity index (χ3v) is 3.68. The van der Waals surface area contributed by atoms with Gasteiger partial charge in [-0.2, -0.15) is 0 Å². The Balaban J connectivity index is 3.05. The van der Waals surface area contributed by atoms with Crippen molar-refractivity contribution >= 4 is 11.7 Å². The van der Waals surface area contributed by atoms with E-state index in [1.165, 1.54) is 0 Å². The van der Waals surface area contributed by atoms with Crippen LogP contribution in [-0.4, -0.2) is 28.9 Å². The Morgan fingerprint density at radius 3 is 2.55 bits per heavy atom. The van der Waals surface area contributed by atoms with Gasteiger partial charge in [-0.15, -0.1) is 0 Å². The van der Waals surface area contributed by atoms with Crippen molar-refractivity contribution in [2.75, 3.05) is 12.5 Å². The monoisotopic (exact) mass is 278 g/mol. The second-order valence-corrected chi connectivity index (χ2v) is 5.53. The average Bonchev–Trinajstić information content (AvgIpc) is 2.44. The summed E-state index contributed by atoms with van der Waals surface area (Å²) in [7, 11) is 1.84. The molecule has 3 N–H and O–H groups in total. The largest absolute Gasteiger partial charge is 0.339 e. The molecule has 1 unspecified atom stereocenters. The van der Waals surface area contributed by atoms with Crippen LogP contribution in [0.1, 0.15) is 50.2 Å². The van der Waals surface area contributed by atoms with Gasteiger partial charge in [-0.05, 0) is 31.4 Å². The van der Waals surface area contributed by atoms with Gasteiger partial charge in [0, 0.05) is 24.3 Å². The van der Waals surface area contributed by atoms with Gasteiger partial charge < -0.3 is 10.3 Å². The summed E-state index contributed by atoms with van der Waals surface area (Å²) >= 11 is 0. The topological polar surface area (TPSA) is 71.2 Å². The lowest BCUT2D eigenvalue weighted by molar-refractivity contribution is 0.0707. The van der Waals surface area contributed by atoms with Crippen molar-refractivity contribution in [3.05, 3.63) is 23.4 Å². The van der Waals surface area contributed by atoms with E-state index in [2.05, 4.69) is 38.1 Å². The number of nitrogens with two attached hydrogens (primary N) is 1. The van der Waals surface area contributed by atoms with Crippen molar-refractivity contribution < 1.29 is 4.79 Å². The molecule has 20 heavy (non-hydrogen) atoms. The van der Waals surface area contributed by atoms with E-state index in [0.29, 0.717) is 17.3 Å². The van der Waals surface area contributed by atoms with Gasteiger partial charge in [-0.25, -0.2) is 10.8 Å². The zero-order valence-corrected chi connectivity index (χ0v) is 13.1. The van der Waals surface area contributed by atoms with E-state index in [4.69, 9.17) is 5.84 Å². The molecule has 0 aliphatic carbocycles. The highest BCUT2D eigenvalue weighted by Gasteiger charge is 2.20. The Morgan fingerprint density at radius 1 is 1.40 bits per heavy atom. The lowest BCUT2D eigenvalue weighted by atomic mass is 10.0. The number of nitrogens with zero attached hydrogens (tertiary/aromatic N) is 2. The Bertz CT molecular complexity index is 459. The van der Waals surface area contributed by atoms with Gasteiger partial charge in [0.15, 0.2) is 0 Å². The lowest BCUT2D eigenvalue weighted by Crippen LogP contribution is -2.38. The summed E-state index contributed by atoms with van der Waals surface area (Å²) in [5.74, 6) is 6.38. The number of aromatic nitrogens is 1. The van der Waals surface area contributed by atoms with Gasteiger partial charge in [0.1, 0.15) is 5.82 Å². The van der Waals surface area contributed by atoms with Crippen LogP contribution in [0, 0.1) is 5.92 Å². The Kier molecular flexibility index (Phi) is 5.95. The number of amides is 1. The van der Waals surface area contributed by atoms with Gasteiger partial charge in [0.2, 0.25) is 0 Å². The molecule has 0 radical (unpaired) electrons. The molecule has 1 aromatic rings. The maximum atomic E-state index is 12.5. The van der Waals surface area contributed by atoms with Gasteiger partial charge in [-0.1, -0.05) is 27.2 Å². The van der Waals surface area contributed by atoms with E-state index < -0.39 is 0 Å². The molecule has 0 fully saturated rings. The molecule has 112 valence electrons. The average molecular weight is 278 g/mol. The highest BCUT2D eigenvalue weighted by Crippen LogP contribution is 2.16. The van der Waals surface area contributed by atoms with Crippen molar-refractivity contribution in [3.63, 3.8) is 0 Å². The molecule has 0 bridgehead atoms. The Hall–Kier alpha value is -1.62. The van der Waals surface area contributed by atoms with Crippen LogP contribution >= 0.6 is 0 Å². The van der Waals surface area contributed by atoms with E-state index >= 15 is 0 Å². The van der Waals surface area contributed by atoms with Crippen LogP contribution in [0.3, 0.4) is 0 Å². The highest BCUT2D eigenvalue weighted by atomic mass is 16.2. The molecule has 1 atom stereocenters. The van der Waals surface area contributed by atoms with Crippen LogP contribution in [0.4, 0.5) is 5.82 Å². The van der Waals surface area contributed by atoms with Crippen molar-refractivity contribution in [3.8, 4) is 0 Å². The molecule has 0 saturated heterocycles. The molecule has 0 spiro atoms. The fourth-order valence-electron chi connectivity index (χ4n) is 2.01. The van der Waals surface area contributed by atoms with Crippen LogP contribution in [0.5, 0.6) is 0 Å². The highest BCUT2D eigenvalue weighted by molar-refractivity contribution is 5.95. The second-order valence-electron chi connectivity index (χ2n) is 5.53. The molecular formula is C15H26N4O. The molecule has 5 nitrogen and oxygen atoms in total. The molecule has 1 amide bonds. The van der Waals surface area contributed by atoms with Gasteiger partial charge in [-0.3, -0.25) is 4.79 Å². The van der Waals surface area contributed by atoms with Crippen molar-refractivity contribution in [1.82, 2.24) is 9.88 Å². The van der Waals surface area contributed by atoms with Crippen molar-refractivity contribution in [1.29, 1.82) is 0 Å². The molecule has 1 aromatic heterocycles. The maximum absolute atomic E-state index is 12.5. The number of aryl methyl sites for hydroxylation is 1. The quantitative estimate of drug-likeness (QED) is 0.619. The van der Waals surface area contributed by atoms with Crippen LogP contribution in [0.2, 0.25) is 0 Å². The van der Waals surface area contributed by atoms with Crippen LogP contribution < -0.4 is 11.3 Å². The molecule has 1 rings (SSSR count). The predicted molar refractivity (Wildman–Crippen MR) is 82.4 cm³/mol. The number of anilines is 1. The van der Waals surface area contributed by atoms with Crippen LogP contribution in [0.25, 0.3) is 0 Å². The summed E-state index contributed by atoms with van der Waals surface area (Å²) < 4.78 is 0. The first-order valence-electron chi connectivity index (χ1n) is 7.15. The normalized spacial score (nSPS) is 12.3. The number of hydrogen-bond donors (Lipinski definition) is 2. The third kappa shape index (κ3) is 3.93. The summed E-state index contributed by atoms with van der Waals surface area (Å²) in [5, 5.41) is 0. The first-order valence-corrected chi connectivity index (χ1v) is 7.15. The summed E-state index contributed by atoms with van der Waals surface area (Å²) in [6.45, 7) is 8.35. The van der Waals surface area contributed by atoms with E-state index in [-0.39, 0.29) is 11.9 Å². The first kappa shape index (κ1) is 16.4. The number of rotatable bonds is 6. The van der Waals surface area contributed by atoms with Crippen LogP contribution in [-0.2, 0) is 6.42 Å². The molecule has 0 aliphatic heterocycles. The fourth-order valence-corrected chi connectivity index (χ4v) is 2.01. The van der Waals surface area contributed by atoms with Gasteiger partial charge in [0.05, 0.1) is 0 Å². The standard InChI is InChI=1S/C15H26N4O/c1-6-7-13-8-12(9-14(17-13)18-16)15(20)19(5)11(4)10(2)3/h8-11H,6-7,16H2,1-5H3,(H,17,18). The Morgan fingerprint density at radius 2 is 2.05 bits per heavy atom. The van der Waals surface area contributed by atoms with E-state index in [1.54, 1.807) is 11.0 Å². The minimum atomic E-state index is 0.00227. The summed E-state index contributed by atoms with van der Waals surface area (Å²) in [6.07, 6.45) is 1.81. The zero-order chi connectivity index (χ0) is 15.3.